The number of hydrogen-bond acceptors (Lipinski definition) is 3. The molecule has 1 heterocycles. The molecule has 60 valence electrons. The molecular weight excluding hydrogens is 170 g/mol. The SMILES string of the molecule is [S-]c1n[nH]c(-c2ccccc2)n1. The highest BCUT2D eigenvalue weighted by molar-refractivity contribution is 7.58. The second-order valence-electron chi connectivity index (χ2n) is 2.33. The Bertz CT molecular complexity index is 369. The zero-order valence-electron chi connectivity index (χ0n) is 6.19. The van der Waals surface area contributed by atoms with Crippen LogP contribution in [0.15, 0.2) is 35.5 Å². The molecule has 0 fully saturated rings. The van der Waals surface area contributed by atoms with Gasteiger partial charge in [-0.2, -0.15) is 5.10 Å². The second-order valence-corrected chi connectivity index (χ2v) is 2.70. The highest BCUT2D eigenvalue weighted by atomic mass is 32.1. The lowest BCUT2D eigenvalue weighted by molar-refractivity contribution is 0.979. The predicted octanol–water partition coefficient (Wildman–Crippen LogP) is 1.38. The quantitative estimate of drug-likeness (QED) is 0.667. The number of rotatable bonds is 1. The molecule has 2 rings (SSSR count). The summed E-state index contributed by atoms with van der Waals surface area (Å²) in [5, 5.41) is 6.88. The summed E-state index contributed by atoms with van der Waals surface area (Å²) in [4.78, 5) is 4.03. The highest BCUT2D eigenvalue weighted by Crippen LogP contribution is 2.12. The van der Waals surface area contributed by atoms with Gasteiger partial charge in [-0.05, 0) is 0 Å². The van der Waals surface area contributed by atoms with Crippen LogP contribution in [0.25, 0.3) is 11.4 Å². The Labute approximate surface area is 75.3 Å². The van der Waals surface area contributed by atoms with Crippen molar-refractivity contribution in [1.82, 2.24) is 15.2 Å². The van der Waals surface area contributed by atoms with Gasteiger partial charge in [0.15, 0.2) is 5.82 Å². The fraction of sp³-hybridized carbons (Fsp3) is 0. The number of hydrogen-bond donors (Lipinski definition) is 1. The molecule has 1 aromatic heterocycles. The molecule has 1 N–H and O–H groups in total. The molecule has 0 amide bonds. The van der Waals surface area contributed by atoms with E-state index in [0.717, 1.165) is 11.4 Å². The number of nitrogens with zero attached hydrogens (tertiary/aromatic N) is 2. The van der Waals surface area contributed by atoms with Crippen LogP contribution < -0.4 is 0 Å². The van der Waals surface area contributed by atoms with Gasteiger partial charge < -0.3 is 12.6 Å². The van der Waals surface area contributed by atoms with Crippen molar-refractivity contribution in [2.24, 2.45) is 0 Å². The van der Waals surface area contributed by atoms with Crippen LogP contribution in [0.1, 0.15) is 0 Å². The summed E-state index contributed by atoms with van der Waals surface area (Å²) < 4.78 is 0. The minimum Gasteiger partial charge on any atom is -0.738 e. The van der Waals surface area contributed by atoms with Crippen LogP contribution in [0.2, 0.25) is 0 Å². The van der Waals surface area contributed by atoms with Gasteiger partial charge in [-0.25, -0.2) is 4.98 Å². The van der Waals surface area contributed by atoms with Gasteiger partial charge in [-0.3, -0.25) is 5.10 Å². The standard InChI is InChI=1S/C8H7N3S/c12-8-9-7(10-11-8)6-4-2-1-3-5-6/h1-5H,(H2,9,10,11,12)/p-1. The van der Waals surface area contributed by atoms with E-state index in [2.05, 4.69) is 15.2 Å². The molecule has 2 aromatic rings. The minimum absolute atomic E-state index is 0.355. The summed E-state index contributed by atoms with van der Waals surface area (Å²) >= 11 is 4.78. The molecule has 0 saturated carbocycles. The van der Waals surface area contributed by atoms with Crippen molar-refractivity contribution in [3.8, 4) is 11.4 Å². The van der Waals surface area contributed by atoms with E-state index in [9.17, 15) is 0 Å². The van der Waals surface area contributed by atoms with E-state index in [-0.39, 0.29) is 0 Å². The van der Waals surface area contributed by atoms with Crippen molar-refractivity contribution < 1.29 is 0 Å². The Morgan fingerprint density at radius 1 is 1.17 bits per heavy atom. The Balaban J connectivity index is 2.45. The van der Waals surface area contributed by atoms with Gasteiger partial charge in [0.2, 0.25) is 0 Å². The maximum Gasteiger partial charge on any atom is 0.153 e. The second kappa shape index (κ2) is 2.91. The summed E-state index contributed by atoms with van der Waals surface area (Å²) in [7, 11) is 0. The van der Waals surface area contributed by atoms with E-state index in [4.69, 9.17) is 12.6 Å². The lowest BCUT2D eigenvalue weighted by atomic mass is 10.2. The Morgan fingerprint density at radius 3 is 2.50 bits per heavy atom. The number of benzene rings is 1. The van der Waals surface area contributed by atoms with E-state index >= 15 is 0 Å². The van der Waals surface area contributed by atoms with E-state index < -0.39 is 0 Å². The molecular formula is C8H6N3S-. The normalized spacial score (nSPS) is 10.0. The largest absolute Gasteiger partial charge is 0.738 e. The van der Waals surface area contributed by atoms with Crippen LogP contribution in [0, 0.1) is 0 Å². The summed E-state index contributed by atoms with van der Waals surface area (Å²) in [5.41, 5.74) is 1.00. The first-order chi connectivity index (χ1) is 5.86. The third-order valence-corrected chi connectivity index (χ3v) is 1.69. The lowest BCUT2D eigenvalue weighted by Gasteiger charge is -1.93. The molecule has 12 heavy (non-hydrogen) atoms. The van der Waals surface area contributed by atoms with Gasteiger partial charge >= 0.3 is 0 Å². The first-order valence-electron chi connectivity index (χ1n) is 3.51. The topological polar surface area (TPSA) is 41.6 Å². The van der Waals surface area contributed by atoms with Gasteiger partial charge in [0, 0.05) is 10.7 Å². The molecule has 4 heteroatoms. The van der Waals surface area contributed by atoms with Gasteiger partial charge in [0.25, 0.3) is 0 Å². The molecule has 3 nitrogen and oxygen atoms in total. The molecule has 1 aromatic carbocycles. The first-order valence-corrected chi connectivity index (χ1v) is 3.92. The Hall–Kier alpha value is -1.42. The molecule has 0 unspecified atom stereocenters. The monoisotopic (exact) mass is 176 g/mol. The highest BCUT2D eigenvalue weighted by Gasteiger charge is 1.97. The Morgan fingerprint density at radius 2 is 1.92 bits per heavy atom. The average molecular weight is 176 g/mol. The number of aromatic nitrogens is 3. The third-order valence-electron chi connectivity index (χ3n) is 1.51. The van der Waals surface area contributed by atoms with Crippen molar-refractivity contribution in [2.45, 2.75) is 5.16 Å². The van der Waals surface area contributed by atoms with Crippen molar-refractivity contribution in [3.63, 3.8) is 0 Å². The zero-order valence-corrected chi connectivity index (χ0v) is 7.01. The van der Waals surface area contributed by atoms with Crippen LogP contribution in [-0.2, 0) is 12.6 Å². The molecule has 0 radical (unpaired) electrons. The van der Waals surface area contributed by atoms with Crippen molar-refractivity contribution in [2.75, 3.05) is 0 Å². The van der Waals surface area contributed by atoms with Gasteiger partial charge in [0.1, 0.15) is 0 Å². The predicted molar refractivity (Wildman–Crippen MR) is 47.4 cm³/mol. The van der Waals surface area contributed by atoms with Crippen LogP contribution >= 0.6 is 0 Å². The van der Waals surface area contributed by atoms with Crippen LogP contribution in [-0.4, -0.2) is 15.2 Å². The number of H-pyrrole nitrogens is 1. The zero-order chi connectivity index (χ0) is 8.39. The fourth-order valence-corrected chi connectivity index (χ4v) is 1.11. The smallest absolute Gasteiger partial charge is 0.153 e. The lowest BCUT2D eigenvalue weighted by Crippen LogP contribution is -1.78. The minimum atomic E-state index is 0.355. The molecule has 0 aliphatic carbocycles. The van der Waals surface area contributed by atoms with Crippen molar-refractivity contribution in [3.05, 3.63) is 30.3 Å². The fourth-order valence-electron chi connectivity index (χ4n) is 0.972. The van der Waals surface area contributed by atoms with Crippen LogP contribution in [0.3, 0.4) is 0 Å². The molecule has 0 atom stereocenters. The summed E-state index contributed by atoms with van der Waals surface area (Å²) in [6, 6.07) is 9.75. The van der Waals surface area contributed by atoms with Gasteiger partial charge in [-0.15, -0.1) is 0 Å². The van der Waals surface area contributed by atoms with Gasteiger partial charge in [-0.1, -0.05) is 30.3 Å². The van der Waals surface area contributed by atoms with Crippen LogP contribution in [0.5, 0.6) is 0 Å². The van der Waals surface area contributed by atoms with Crippen LogP contribution in [0.4, 0.5) is 0 Å². The molecule has 0 bridgehead atoms. The van der Waals surface area contributed by atoms with E-state index in [1.54, 1.807) is 0 Å². The van der Waals surface area contributed by atoms with E-state index in [0.29, 0.717) is 5.16 Å². The summed E-state index contributed by atoms with van der Waals surface area (Å²) in [6.45, 7) is 0. The van der Waals surface area contributed by atoms with Gasteiger partial charge in [0.05, 0.1) is 0 Å². The number of nitrogens with one attached hydrogen (secondary N) is 1. The molecule has 0 spiro atoms. The Kier molecular flexibility index (Phi) is 1.75. The van der Waals surface area contributed by atoms with E-state index in [1.807, 2.05) is 30.3 Å². The maximum absolute atomic E-state index is 4.78. The van der Waals surface area contributed by atoms with Crippen molar-refractivity contribution >= 4 is 12.6 Å². The molecule has 0 aliphatic rings. The summed E-state index contributed by atoms with van der Waals surface area (Å²) in [5.74, 6) is 0.723. The van der Waals surface area contributed by atoms with E-state index in [1.165, 1.54) is 0 Å². The third kappa shape index (κ3) is 1.29. The molecule has 0 aliphatic heterocycles. The molecule has 0 saturated heterocycles. The first kappa shape index (κ1) is 7.24. The maximum atomic E-state index is 4.78. The summed E-state index contributed by atoms with van der Waals surface area (Å²) in [6.07, 6.45) is 0. The van der Waals surface area contributed by atoms with Crippen molar-refractivity contribution in [1.29, 1.82) is 0 Å². The average Bonchev–Trinajstić information content (AvgIpc) is 2.54. The number of aromatic amines is 1.